The topological polar surface area (TPSA) is 169 Å². The maximum atomic E-state index is 11.9. The predicted molar refractivity (Wildman–Crippen MR) is 107 cm³/mol. The number of nitrogens with zero attached hydrogens (tertiary/aromatic N) is 4. The van der Waals surface area contributed by atoms with Crippen molar-refractivity contribution in [1.29, 1.82) is 0 Å². The molecule has 1 fully saturated rings. The summed E-state index contributed by atoms with van der Waals surface area (Å²) in [7, 11) is 0. The fourth-order valence-corrected chi connectivity index (χ4v) is 3.39. The number of carbonyl (C=O) groups is 1. The second kappa shape index (κ2) is 7.95. The molecule has 1 aliphatic rings. The molecular weight excluding hydrogens is 392 g/mol. The van der Waals surface area contributed by atoms with E-state index >= 15 is 0 Å². The van der Waals surface area contributed by atoms with Crippen LogP contribution in [0.15, 0.2) is 30.6 Å². The summed E-state index contributed by atoms with van der Waals surface area (Å²) >= 11 is 0. The van der Waals surface area contributed by atoms with Crippen molar-refractivity contribution in [2.75, 3.05) is 17.7 Å². The highest BCUT2D eigenvalue weighted by molar-refractivity contribution is 5.96. The molecule has 11 heteroatoms. The van der Waals surface area contributed by atoms with Crippen LogP contribution >= 0.6 is 0 Å². The number of benzene rings is 1. The number of nitrogen functional groups attached to an aromatic ring is 1. The van der Waals surface area contributed by atoms with E-state index in [1.54, 1.807) is 31.2 Å². The average Bonchev–Trinajstić information content (AvgIpc) is 3.29. The number of hydrogen-bond acceptors (Lipinski definition) is 10. The minimum absolute atomic E-state index is 0.0111. The Morgan fingerprint density at radius 1 is 1.30 bits per heavy atom. The van der Waals surface area contributed by atoms with Crippen LogP contribution in [0.5, 0.6) is 0 Å². The van der Waals surface area contributed by atoms with Crippen LogP contribution in [0.25, 0.3) is 11.2 Å². The van der Waals surface area contributed by atoms with E-state index in [9.17, 15) is 20.1 Å². The van der Waals surface area contributed by atoms with Crippen molar-refractivity contribution in [3.63, 3.8) is 0 Å². The van der Waals surface area contributed by atoms with Gasteiger partial charge in [0.15, 0.2) is 23.5 Å². The first kappa shape index (κ1) is 20.2. The highest BCUT2D eigenvalue weighted by atomic mass is 16.6. The number of Topliss-reactive ketones (excluding diaryl/α,β-unsaturated/α-hetero) is 1. The number of anilines is 3. The molecule has 0 bridgehead atoms. The smallest absolute Gasteiger partial charge is 0.231 e. The van der Waals surface area contributed by atoms with Gasteiger partial charge in [0.05, 0.1) is 12.9 Å². The van der Waals surface area contributed by atoms with E-state index in [1.165, 1.54) is 10.9 Å². The lowest BCUT2D eigenvalue weighted by atomic mass is 10.1. The van der Waals surface area contributed by atoms with Crippen LogP contribution < -0.4 is 11.1 Å². The Kier molecular flexibility index (Phi) is 5.35. The number of fused-ring (bicyclic) bond motifs is 1. The fourth-order valence-electron chi connectivity index (χ4n) is 3.39. The summed E-state index contributed by atoms with van der Waals surface area (Å²) < 4.78 is 6.98. The molecule has 11 nitrogen and oxygen atoms in total. The molecule has 0 saturated carbocycles. The molecule has 4 rings (SSSR count). The SMILES string of the molecule is CCC(=O)c1cccc(Nc2nc(N)c3ncn([C@@H]4O[C@H](CO)[C@@H](O)[C@H]4O)c3n2)c1. The summed E-state index contributed by atoms with van der Waals surface area (Å²) in [5.41, 5.74) is 7.77. The first-order valence-corrected chi connectivity index (χ1v) is 9.45. The summed E-state index contributed by atoms with van der Waals surface area (Å²) in [5, 5.41) is 32.7. The molecular formula is C19H22N6O5. The first-order valence-electron chi connectivity index (χ1n) is 9.45. The molecule has 158 valence electrons. The Bertz CT molecular complexity index is 1090. The summed E-state index contributed by atoms with van der Waals surface area (Å²) in [6.07, 6.45) is -2.71. The second-order valence-electron chi connectivity index (χ2n) is 6.97. The van der Waals surface area contributed by atoms with E-state index < -0.39 is 31.1 Å². The van der Waals surface area contributed by atoms with Gasteiger partial charge in [0, 0.05) is 17.7 Å². The zero-order chi connectivity index (χ0) is 21.4. The van der Waals surface area contributed by atoms with Gasteiger partial charge >= 0.3 is 0 Å². The molecule has 30 heavy (non-hydrogen) atoms. The Balaban J connectivity index is 1.69. The number of rotatable bonds is 6. The lowest BCUT2D eigenvalue weighted by molar-refractivity contribution is -0.0511. The van der Waals surface area contributed by atoms with Gasteiger partial charge < -0.3 is 31.1 Å². The van der Waals surface area contributed by atoms with E-state index in [0.717, 1.165) is 0 Å². The summed E-state index contributed by atoms with van der Waals surface area (Å²) in [5.74, 6) is 0.278. The van der Waals surface area contributed by atoms with Gasteiger partial charge in [-0.3, -0.25) is 9.36 Å². The molecule has 1 aliphatic heterocycles. The molecule has 3 aromatic rings. The lowest BCUT2D eigenvalue weighted by Crippen LogP contribution is -2.33. The van der Waals surface area contributed by atoms with Crippen LogP contribution in [0.4, 0.5) is 17.5 Å². The van der Waals surface area contributed by atoms with Crippen molar-refractivity contribution in [3.05, 3.63) is 36.2 Å². The number of imidazole rings is 1. The molecule has 0 spiro atoms. The molecule has 0 aliphatic carbocycles. The number of nitrogens with one attached hydrogen (secondary N) is 1. The Morgan fingerprint density at radius 3 is 2.80 bits per heavy atom. The largest absolute Gasteiger partial charge is 0.394 e. The Labute approximate surface area is 171 Å². The van der Waals surface area contributed by atoms with E-state index in [0.29, 0.717) is 23.2 Å². The van der Waals surface area contributed by atoms with Gasteiger partial charge in [0.2, 0.25) is 5.95 Å². The van der Waals surface area contributed by atoms with Gasteiger partial charge in [0.25, 0.3) is 0 Å². The minimum atomic E-state index is -1.29. The van der Waals surface area contributed by atoms with E-state index in [1.807, 2.05) is 0 Å². The number of ketones is 1. The monoisotopic (exact) mass is 414 g/mol. The van der Waals surface area contributed by atoms with Crippen LogP contribution in [0.2, 0.25) is 0 Å². The quantitative estimate of drug-likeness (QED) is 0.355. The normalized spacial score (nSPS) is 23.7. The number of aromatic nitrogens is 4. The van der Waals surface area contributed by atoms with Crippen LogP contribution in [0.1, 0.15) is 29.9 Å². The fraction of sp³-hybridized carbons (Fsp3) is 0.368. The molecule has 0 unspecified atom stereocenters. The maximum absolute atomic E-state index is 11.9. The number of nitrogens with two attached hydrogens (primary N) is 1. The standard InChI is InChI=1S/C19H22N6O5/c1-2-11(27)9-4-3-5-10(6-9)22-19-23-16(20)13-17(24-19)25(8-21-13)18-15(29)14(28)12(7-26)30-18/h3-6,8,12,14-15,18,26,28-29H,2,7H2,1H3,(H3,20,22,23,24)/t12-,14-,15-,18-/m1/s1. The third-order valence-corrected chi connectivity index (χ3v) is 5.00. The number of aliphatic hydroxyl groups excluding tert-OH is 3. The van der Waals surface area contributed by atoms with Gasteiger partial charge in [0.1, 0.15) is 23.8 Å². The van der Waals surface area contributed by atoms with E-state index in [4.69, 9.17) is 10.5 Å². The zero-order valence-corrected chi connectivity index (χ0v) is 16.1. The highest BCUT2D eigenvalue weighted by Crippen LogP contribution is 2.32. The van der Waals surface area contributed by atoms with Crippen molar-refractivity contribution in [2.45, 2.75) is 37.9 Å². The molecule has 1 saturated heterocycles. The van der Waals surface area contributed by atoms with Crippen molar-refractivity contribution >= 4 is 34.4 Å². The van der Waals surface area contributed by atoms with Crippen molar-refractivity contribution in [3.8, 4) is 0 Å². The number of hydrogen-bond donors (Lipinski definition) is 5. The van der Waals surface area contributed by atoms with Gasteiger partial charge in [-0.15, -0.1) is 0 Å². The Hall–Kier alpha value is -3.12. The first-order chi connectivity index (χ1) is 14.4. The number of ether oxygens (including phenoxy) is 1. The van der Waals surface area contributed by atoms with Gasteiger partial charge in [-0.25, -0.2) is 4.98 Å². The number of carbonyl (C=O) groups excluding carboxylic acids is 1. The average molecular weight is 414 g/mol. The molecule has 3 heterocycles. The number of aliphatic hydroxyl groups is 3. The van der Waals surface area contributed by atoms with Gasteiger partial charge in [-0.2, -0.15) is 9.97 Å². The third-order valence-electron chi connectivity index (χ3n) is 5.00. The van der Waals surface area contributed by atoms with Crippen LogP contribution in [0, 0.1) is 0 Å². The predicted octanol–water partition coefficient (Wildman–Crippen LogP) is 0.356. The molecule has 4 atom stereocenters. The summed E-state index contributed by atoms with van der Waals surface area (Å²) in [4.78, 5) is 24.7. The third kappa shape index (κ3) is 3.48. The van der Waals surface area contributed by atoms with Crippen molar-refractivity contribution < 1.29 is 24.9 Å². The summed E-state index contributed by atoms with van der Waals surface area (Å²) in [6.45, 7) is 1.34. The highest BCUT2D eigenvalue weighted by Gasteiger charge is 2.44. The molecule has 2 aromatic heterocycles. The van der Waals surface area contributed by atoms with E-state index in [2.05, 4.69) is 20.3 Å². The van der Waals surface area contributed by atoms with E-state index in [-0.39, 0.29) is 23.2 Å². The Morgan fingerprint density at radius 2 is 2.10 bits per heavy atom. The van der Waals surface area contributed by atoms with Crippen LogP contribution in [-0.4, -0.2) is 65.5 Å². The van der Waals surface area contributed by atoms with Crippen molar-refractivity contribution in [1.82, 2.24) is 19.5 Å². The minimum Gasteiger partial charge on any atom is -0.394 e. The molecule has 0 amide bonds. The molecule has 0 radical (unpaired) electrons. The molecule has 6 N–H and O–H groups in total. The van der Waals surface area contributed by atoms with Crippen LogP contribution in [-0.2, 0) is 4.74 Å². The molecule has 1 aromatic carbocycles. The lowest BCUT2D eigenvalue weighted by Gasteiger charge is -2.17. The zero-order valence-electron chi connectivity index (χ0n) is 16.1. The van der Waals surface area contributed by atoms with Crippen LogP contribution in [0.3, 0.4) is 0 Å². The van der Waals surface area contributed by atoms with Gasteiger partial charge in [-0.1, -0.05) is 19.1 Å². The summed E-state index contributed by atoms with van der Waals surface area (Å²) in [6, 6.07) is 6.93. The van der Waals surface area contributed by atoms with Gasteiger partial charge in [-0.05, 0) is 12.1 Å². The van der Waals surface area contributed by atoms with Crippen molar-refractivity contribution in [2.24, 2.45) is 0 Å². The second-order valence-corrected chi connectivity index (χ2v) is 6.97. The maximum Gasteiger partial charge on any atom is 0.231 e.